The molecular formula is CH2Cl2Hf. The fraction of sp³-hybridized carbons (Fsp3) is 0. The fourth-order valence-corrected chi connectivity index (χ4v) is 0. The van der Waals surface area contributed by atoms with Gasteiger partial charge in [-0.05, 0) is 0 Å². The van der Waals surface area contributed by atoms with Gasteiger partial charge in [0, 0.05) is 0 Å². The molecule has 0 bridgehead atoms. The van der Waals surface area contributed by atoms with Gasteiger partial charge in [-0.1, -0.05) is 0 Å². The Morgan fingerprint density at radius 3 is 1.50 bits per heavy atom. The van der Waals surface area contributed by atoms with Gasteiger partial charge in [0.25, 0.3) is 0 Å². The predicted molar refractivity (Wildman–Crippen MR) is 18.8 cm³/mol. The molecule has 0 aliphatic heterocycles. The van der Waals surface area contributed by atoms with Crippen molar-refractivity contribution in [3.05, 3.63) is 0 Å². The third-order valence-corrected chi connectivity index (χ3v) is 0. The van der Waals surface area contributed by atoms with E-state index in [-0.39, 0.29) is 0 Å². The predicted octanol–water partition coefficient (Wildman–Crippen LogP) is 1.34. The Morgan fingerprint density at radius 1 is 1.50 bits per heavy atom. The Labute approximate surface area is 39.9 Å². The van der Waals surface area contributed by atoms with E-state index in [0.717, 1.165) is 0 Å². The van der Waals surface area contributed by atoms with Gasteiger partial charge in [-0.3, -0.25) is 0 Å². The molecule has 0 aromatic rings. The molecule has 0 rings (SSSR count). The molecule has 0 aliphatic rings. The Morgan fingerprint density at radius 2 is 1.50 bits per heavy atom. The van der Waals surface area contributed by atoms with Gasteiger partial charge in [-0.2, -0.15) is 0 Å². The van der Waals surface area contributed by atoms with Crippen LogP contribution < -0.4 is 0 Å². The molecule has 0 unspecified atom stereocenters. The van der Waals surface area contributed by atoms with E-state index in [4.69, 9.17) is 17.2 Å². The van der Waals surface area contributed by atoms with E-state index in [1.54, 1.807) is 0 Å². The zero-order valence-electron chi connectivity index (χ0n) is 1.96. The first-order valence-corrected chi connectivity index (χ1v) is 12.2. The molecule has 3 heteroatoms. The van der Waals surface area contributed by atoms with Crippen molar-refractivity contribution in [3.8, 4) is 0 Å². The molecule has 0 radical (unpaired) electrons. The SMILES string of the molecule is [CH2]=[Hf]([Cl])[Cl]. The molecule has 0 aliphatic carbocycles. The molecular weight excluding hydrogens is 261 g/mol. The van der Waals surface area contributed by atoms with Gasteiger partial charge in [0.2, 0.25) is 0 Å². The average Bonchev–Trinajstić information content (AvgIpc) is 0.811. The third kappa shape index (κ3) is 10.3. The quantitative estimate of drug-likeness (QED) is 0.579. The van der Waals surface area contributed by atoms with Crippen molar-refractivity contribution in [2.45, 2.75) is 0 Å². The molecule has 0 heterocycles. The van der Waals surface area contributed by atoms with Crippen molar-refractivity contribution >= 4 is 21.4 Å². The van der Waals surface area contributed by atoms with Crippen molar-refractivity contribution in [1.29, 1.82) is 0 Å². The standard InChI is InChI=1S/CH2.2ClH.Hf/h1H2;2*1H;/q;;;+2/p-2. The van der Waals surface area contributed by atoms with Gasteiger partial charge in [0.1, 0.15) is 0 Å². The van der Waals surface area contributed by atoms with Gasteiger partial charge >= 0.3 is 40.0 Å². The summed E-state index contributed by atoms with van der Waals surface area (Å²) in [4.78, 5) is 0. The van der Waals surface area contributed by atoms with E-state index < -0.39 is 18.6 Å². The van der Waals surface area contributed by atoms with Crippen LogP contribution in [-0.2, 0) is 18.6 Å². The maximum absolute atomic E-state index is 5.14. The van der Waals surface area contributed by atoms with E-state index in [1.807, 2.05) is 0 Å². The second-order valence-corrected chi connectivity index (χ2v) is 11.8. The van der Waals surface area contributed by atoms with E-state index in [9.17, 15) is 0 Å². The van der Waals surface area contributed by atoms with E-state index in [0.29, 0.717) is 0 Å². The zero-order chi connectivity index (χ0) is 3.58. The minimum atomic E-state index is -1.96. The number of halogens is 2. The average molecular weight is 263 g/mol. The Bertz CT molecular complexity index is 29.0. The van der Waals surface area contributed by atoms with Gasteiger partial charge in [-0.15, -0.1) is 0 Å². The number of hydrogen-bond donors (Lipinski definition) is 0. The first kappa shape index (κ1) is 5.32. The topological polar surface area (TPSA) is 0 Å². The summed E-state index contributed by atoms with van der Waals surface area (Å²) in [5.41, 5.74) is 0. The van der Waals surface area contributed by atoms with E-state index >= 15 is 0 Å². The Hall–Kier alpha value is 1.32. The third-order valence-electron chi connectivity index (χ3n) is 0. The first-order valence-electron chi connectivity index (χ1n) is 0.732. The molecule has 0 aromatic heterocycles. The molecule has 0 saturated carbocycles. The summed E-state index contributed by atoms with van der Waals surface area (Å²) in [5, 5.41) is 0. The van der Waals surface area contributed by atoms with E-state index in [2.05, 4.69) is 4.26 Å². The molecule has 0 fully saturated rings. The summed E-state index contributed by atoms with van der Waals surface area (Å²) in [5.74, 6) is 0. The Kier molecular flexibility index (Phi) is 3.39. The normalized spacial score (nSPS) is 6.50. The second kappa shape index (κ2) is 2.55. The molecule has 0 saturated heterocycles. The van der Waals surface area contributed by atoms with Crippen LogP contribution in [0.3, 0.4) is 0 Å². The summed E-state index contributed by atoms with van der Waals surface area (Å²) in [6, 6.07) is 0. The maximum atomic E-state index is 5.14. The van der Waals surface area contributed by atoms with Crippen molar-refractivity contribution in [2.24, 2.45) is 0 Å². The minimum absolute atomic E-state index is 1.96. The number of rotatable bonds is 0. The van der Waals surface area contributed by atoms with Crippen molar-refractivity contribution in [1.82, 2.24) is 0 Å². The van der Waals surface area contributed by atoms with Crippen LogP contribution in [0.1, 0.15) is 0 Å². The molecule has 0 nitrogen and oxygen atoms in total. The van der Waals surface area contributed by atoms with Gasteiger partial charge in [0.05, 0.1) is 0 Å². The van der Waals surface area contributed by atoms with Crippen LogP contribution in [0, 0.1) is 0 Å². The monoisotopic (exact) mass is 264 g/mol. The van der Waals surface area contributed by atoms with Crippen LogP contribution in [0.25, 0.3) is 0 Å². The summed E-state index contributed by atoms with van der Waals surface area (Å²) in [6.07, 6.45) is 0. The second-order valence-electron chi connectivity index (χ2n) is 0.339. The Balaban J connectivity index is 2.80. The summed E-state index contributed by atoms with van der Waals surface area (Å²) in [6.45, 7) is 0. The molecule has 4 heavy (non-hydrogen) atoms. The van der Waals surface area contributed by atoms with Crippen molar-refractivity contribution in [3.63, 3.8) is 0 Å². The van der Waals surface area contributed by atoms with Crippen LogP contribution in [0.4, 0.5) is 0 Å². The van der Waals surface area contributed by atoms with Crippen LogP contribution in [0.2, 0.25) is 0 Å². The van der Waals surface area contributed by atoms with Crippen molar-refractivity contribution < 1.29 is 18.6 Å². The molecule has 24 valence electrons. The van der Waals surface area contributed by atoms with Gasteiger partial charge in [0.15, 0.2) is 0 Å². The summed E-state index contributed by atoms with van der Waals surface area (Å²) >= 11 is -1.96. The molecule has 0 spiro atoms. The van der Waals surface area contributed by atoms with Gasteiger partial charge < -0.3 is 0 Å². The number of hydrogen-bond acceptors (Lipinski definition) is 0. The van der Waals surface area contributed by atoms with Crippen molar-refractivity contribution in [2.75, 3.05) is 0 Å². The molecule has 0 aromatic carbocycles. The molecule has 0 N–H and O–H groups in total. The summed E-state index contributed by atoms with van der Waals surface area (Å²) < 4.78 is 3.38. The summed E-state index contributed by atoms with van der Waals surface area (Å²) in [7, 11) is 10.3. The first-order chi connectivity index (χ1) is 1.73. The van der Waals surface area contributed by atoms with Crippen LogP contribution in [-0.4, -0.2) is 4.26 Å². The van der Waals surface area contributed by atoms with Gasteiger partial charge in [-0.25, -0.2) is 0 Å². The van der Waals surface area contributed by atoms with Crippen LogP contribution in [0.5, 0.6) is 0 Å². The van der Waals surface area contributed by atoms with Crippen LogP contribution in [0.15, 0.2) is 0 Å². The van der Waals surface area contributed by atoms with Crippen LogP contribution >= 0.6 is 17.2 Å². The van der Waals surface area contributed by atoms with E-state index in [1.165, 1.54) is 0 Å². The molecule has 0 atom stereocenters. The fourth-order valence-electron chi connectivity index (χ4n) is 0. The molecule has 0 amide bonds. The zero-order valence-corrected chi connectivity index (χ0v) is 7.07.